The van der Waals surface area contributed by atoms with Gasteiger partial charge in [-0.05, 0) is 25.0 Å². The van der Waals surface area contributed by atoms with Crippen molar-refractivity contribution >= 4 is 45.2 Å². The lowest BCUT2D eigenvalue weighted by Crippen LogP contribution is -2.24. The number of hydrogen-bond donors (Lipinski definition) is 2. The van der Waals surface area contributed by atoms with Crippen LogP contribution in [0, 0.1) is 0 Å². The number of imidazole rings is 1. The number of aromatic nitrogens is 4. The second-order valence-corrected chi connectivity index (χ2v) is 7.17. The number of hydrogen-bond acceptors (Lipinski definition) is 6. The van der Waals surface area contributed by atoms with Gasteiger partial charge in [-0.15, -0.1) is 10.2 Å². The average Bonchev–Trinajstić information content (AvgIpc) is 3.18. The third-order valence-electron chi connectivity index (χ3n) is 3.28. The Kier molecular flexibility index (Phi) is 4.92. The van der Waals surface area contributed by atoms with E-state index in [0.29, 0.717) is 11.6 Å². The standard InChI is InChI=1S/C15H17N5OS2/c1-3-11(13(21)18-15-20-19-12(4-2)23-15)22-14-16-9-7-5-6-8-10(9)17-14/h5-8,11H,3-4H2,1-2H3,(H,16,17)(H,18,20,21). The van der Waals surface area contributed by atoms with Crippen LogP contribution in [0.25, 0.3) is 11.0 Å². The minimum atomic E-state index is -0.232. The summed E-state index contributed by atoms with van der Waals surface area (Å²) < 4.78 is 0. The average molecular weight is 347 g/mol. The molecular weight excluding hydrogens is 330 g/mol. The van der Waals surface area contributed by atoms with E-state index in [2.05, 4.69) is 25.5 Å². The number of rotatable bonds is 6. The first-order chi connectivity index (χ1) is 11.2. The Hall–Kier alpha value is -1.93. The van der Waals surface area contributed by atoms with E-state index in [1.807, 2.05) is 38.1 Å². The summed E-state index contributed by atoms with van der Waals surface area (Å²) in [6, 6.07) is 7.83. The molecule has 1 atom stereocenters. The van der Waals surface area contributed by atoms with Crippen LogP contribution in [0.3, 0.4) is 0 Å². The summed E-state index contributed by atoms with van der Waals surface area (Å²) >= 11 is 2.84. The van der Waals surface area contributed by atoms with Crippen LogP contribution in [0.15, 0.2) is 29.4 Å². The largest absolute Gasteiger partial charge is 0.333 e. The molecule has 2 N–H and O–H groups in total. The van der Waals surface area contributed by atoms with Crippen LogP contribution in [0.4, 0.5) is 5.13 Å². The van der Waals surface area contributed by atoms with Gasteiger partial charge in [-0.1, -0.05) is 49.1 Å². The molecule has 1 aromatic carbocycles. The number of benzene rings is 1. The molecule has 2 aromatic heterocycles. The molecule has 0 aliphatic carbocycles. The Morgan fingerprint density at radius 2 is 2.17 bits per heavy atom. The van der Waals surface area contributed by atoms with Crippen molar-refractivity contribution in [3.8, 4) is 0 Å². The molecule has 3 rings (SSSR count). The molecule has 23 heavy (non-hydrogen) atoms. The molecule has 6 nitrogen and oxygen atoms in total. The maximum atomic E-state index is 12.4. The van der Waals surface area contributed by atoms with Crippen LogP contribution in [0.1, 0.15) is 25.3 Å². The number of amides is 1. The van der Waals surface area contributed by atoms with E-state index in [4.69, 9.17) is 0 Å². The summed E-state index contributed by atoms with van der Waals surface area (Å²) in [6.45, 7) is 4.00. The Morgan fingerprint density at radius 3 is 2.87 bits per heavy atom. The lowest BCUT2D eigenvalue weighted by Gasteiger charge is -2.11. The van der Waals surface area contributed by atoms with Crippen LogP contribution in [-0.2, 0) is 11.2 Å². The quantitative estimate of drug-likeness (QED) is 0.667. The van der Waals surface area contributed by atoms with Gasteiger partial charge >= 0.3 is 0 Å². The summed E-state index contributed by atoms with van der Waals surface area (Å²) in [5, 5.41) is 12.8. The van der Waals surface area contributed by atoms with Gasteiger partial charge in [0.25, 0.3) is 0 Å². The minimum Gasteiger partial charge on any atom is -0.333 e. The SMILES string of the molecule is CCc1nnc(NC(=O)C(CC)Sc2nc3ccccc3[nH]2)s1. The molecule has 0 aliphatic heterocycles. The second kappa shape index (κ2) is 7.10. The molecule has 0 radical (unpaired) electrons. The van der Waals surface area contributed by atoms with Crippen molar-refractivity contribution in [2.24, 2.45) is 0 Å². The van der Waals surface area contributed by atoms with Gasteiger partial charge in [0.2, 0.25) is 11.0 Å². The molecule has 3 aromatic rings. The summed E-state index contributed by atoms with van der Waals surface area (Å²) in [5.74, 6) is -0.0724. The number of aromatic amines is 1. The topological polar surface area (TPSA) is 83.6 Å². The number of nitrogens with one attached hydrogen (secondary N) is 2. The first-order valence-corrected chi connectivity index (χ1v) is 9.13. The Labute approximate surface area is 142 Å². The molecule has 0 aliphatic rings. The zero-order valence-electron chi connectivity index (χ0n) is 12.9. The van der Waals surface area contributed by atoms with Gasteiger partial charge in [0.15, 0.2) is 5.16 Å². The van der Waals surface area contributed by atoms with E-state index in [1.54, 1.807) is 0 Å². The van der Waals surface area contributed by atoms with Gasteiger partial charge in [-0.25, -0.2) is 4.98 Å². The van der Waals surface area contributed by atoms with Gasteiger partial charge in [-0.3, -0.25) is 10.1 Å². The van der Waals surface area contributed by atoms with Crippen molar-refractivity contribution in [2.75, 3.05) is 5.32 Å². The zero-order chi connectivity index (χ0) is 16.2. The predicted octanol–water partition coefficient (Wildman–Crippen LogP) is 3.49. The molecular formula is C15H17N5OS2. The van der Waals surface area contributed by atoms with Crippen LogP contribution in [-0.4, -0.2) is 31.3 Å². The maximum absolute atomic E-state index is 12.4. The molecule has 1 amide bonds. The fourth-order valence-electron chi connectivity index (χ4n) is 2.08. The summed E-state index contributed by atoms with van der Waals surface area (Å²) in [6.07, 6.45) is 1.52. The molecule has 8 heteroatoms. The van der Waals surface area contributed by atoms with E-state index in [-0.39, 0.29) is 11.2 Å². The highest BCUT2D eigenvalue weighted by Crippen LogP contribution is 2.26. The van der Waals surface area contributed by atoms with Crippen molar-refractivity contribution in [1.82, 2.24) is 20.2 Å². The second-order valence-electron chi connectivity index (χ2n) is 4.92. The maximum Gasteiger partial charge on any atom is 0.239 e. The third kappa shape index (κ3) is 3.70. The highest BCUT2D eigenvalue weighted by molar-refractivity contribution is 8.00. The van der Waals surface area contributed by atoms with Gasteiger partial charge < -0.3 is 4.98 Å². The molecule has 0 bridgehead atoms. The van der Waals surface area contributed by atoms with E-state index in [9.17, 15) is 4.79 Å². The molecule has 0 saturated carbocycles. The van der Waals surface area contributed by atoms with Crippen LogP contribution in [0.5, 0.6) is 0 Å². The number of fused-ring (bicyclic) bond motifs is 1. The number of carbonyl (C=O) groups is 1. The molecule has 0 saturated heterocycles. The zero-order valence-corrected chi connectivity index (χ0v) is 14.5. The van der Waals surface area contributed by atoms with Crippen molar-refractivity contribution < 1.29 is 4.79 Å². The Bertz CT molecular complexity index is 780. The van der Waals surface area contributed by atoms with Crippen LogP contribution < -0.4 is 5.32 Å². The van der Waals surface area contributed by atoms with Crippen LogP contribution in [0.2, 0.25) is 0 Å². The monoisotopic (exact) mass is 347 g/mol. The smallest absolute Gasteiger partial charge is 0.239 e. The van der Waals surface area contributed by atoms with E-state index < -0.39 is 0 Å². The third-order valence-corrected chi connectivity index (χ3v) is 5.52. The van der Waals surface area contributed by atoms with Crippen molar-refractivity contribution in [2.45, 2.75) is 37.1 Å². The number of thioether (sulfide) groups is 1. The lowest BCUT2D eigenvalue weighted by atomic mass is 10.3. The predicted molar refractivity (Wildman–Crippen MR) is 93.9 cm³/mol. The minimum absolute atomic E-state index is 0.0724. The van der Waals surface area contributed by atoms with Crippen molar-refractivity contribution in [3.63, 3.8) is 0 Å². The molecule has 120 valence electrons. The summed E-state index contributed by atoms with van der Waals surface area (Å²) in [7, 11) is 0. The Morgan fingerprint density at radius 1 is 1.35 bits per heavy atom. The molecule has 2 heterocycles. The van der Waals surface area contributed by atoms with Gasteiger partial charge in [0.1, 0.15) is 5.01 Å². The fraction of sp³-hybridized carbons (Fsp3) is 0.333. The molecule has 0 fully saturated rings. The molecule has 1 unspecified atom stereocenters. The first kappa shape index (κ1) is 15.9. The number of carbonyl (C=O) groups excluding carboxylic acids is 1. The summed E-state index contributed by atoms with van der Waals surface area (Å²) in [4.78, 5) is 20.2. The van der Waals surface area contributed by atoms with Crippen LogP contribution >= 0.6 is 23.1 Å². The Balaban J connectivity index is 1.69. The van der Waals surface area contributed by atoms with Gasteiger partial charge in [0.05, 0.1) is 16.3 Å². The number of nitrogens with zero attached hydrogens (tertiary/aromatic N) is 3. The van der Waals surface area contributed by atoms with Gasteiger partial charge in [-0.2, -0.15) is 0 Å². The molecule has 0 spiro atoms. The summed E-state index contributed by atoms with van der Waals surface area (Å²) in [5.41, 5.74) is 1.88. The number of aryl methyl sites for hydroxylation is 1. The number of anilines is 1. The van der Waals surface area contributed by atoms with E-state index in [1.165, 1.54) is 23.1 Å². The highest BCUT2D eigenvalue weighted by Gasteiger charge is 2.21. The highest BCUT2D eigenvalue weighted by atomic mass is 32.2. The fourth-order valence-corrected chi connectivity index (χ4v) is 3.68. The first-order valence-electron chi connectivity index (χ1n) is 7.44. The lowest BCUT2D eigenvalue weighted by molar-refractivity contribution is -0.115. The normalized spacial score (nSPS) is 12.4. The van der Waals surface area contributed by atoms with Gasteiger partial charge in [0, 0.05) is 0 Å². The van der Waals surface area contributed by atoms with Crippen molar-refractivity contribution in [1.29, 1.82) is 0 Å². The van der Waals surface area contributed by atoms with E-state index in [0.717, 1.165) is 27.6 Å². The number of para-hydroxylation sites is 2. The van der Waals surface area contributed by atoms with E-state index >= 15 is 0 Å². The van der Waals surface area contributed by atoms with Crippen molar-refractivity contribution in [3.05, 3.63) is 29.3 Å². The number of H-pyrrole nitrogens is 1.